The summed E-state index contributed by atoms with van der Waals surface area (Å²) >= 11 is 0. The molecule has 6 heteroatoms. The molecule has 2 N–H and O–H groups in total. The van der Waals surface area contributed by atoms with Gasteiger partial charge in [0.05, 0.1) is 19.3 Å². The van der Waals surface area contributed by atoms with E-state index in [1.165, 1.54) is 14.2 Å². The van der Waals surface area contributed by atoms with E-state index in [0.29, 0.717) is 11.3 Å². The fourth-order valence-electron chi connectivity index (χ4n) is 2.37. The maximum atomic E-state index is 12.7. The maximum absolute atomic E-state index is 12.7. The summed E-state index contributed by atoms with van der Waals surface area (Å²) in [5, 5.41) is 11.7. The Bertz CT molecular complexity index is 715. The molecule has 6 nitrogen and oxygen atoms in total. The number of carbonyl (C=O) groups is 2. The lowest BCUT2D eigenvalue weighted by Gasteiger charge is -2.17. The number of methoxy groups -OCH3 is 2. The van der Waals surface area contributed by atoms with E-state index in [1.54, 1.807) is 18.2 Å². The topological polar surface area (TPSA) is 84.9 Å². The van der Waals surface area contributed by atoms with Gasteiger partial charge in [-0.05, 0) is 17.2 Å². The van der Waals surface area contributed by atoms with Crippen LogP contribution >= 0.6 is 0 Å². The summed E-state index contributed by atoms with van der Waals surface area (Å²) in [6.07, 6.45) is 0. The number of hydrogen-bond donors (Lipinski definition) is 2. The van der Waals surface area contributed by atoms with Crippen molar-refractivity contribution in [2.24, 2.45) is 0 Å². The van der Waals surface area contributed by atoms with Crippen LogP contribution in [0.5, 0.6) is 5.75 Å². The zero-order valence-electron chi connectivity index (χ0n) is 13.5. The highest BCUT2D eigenvalue weighted by atomic mass is 16.5. The summed E-state index contributed by atoms with van der Waals surface area (Å²) in [7, 11) is 2.84. The Balaban J connectivity index is 2.44. The third-order valence-electron chi connectivity index (χ3n) is 3.49. The van der Waals surface area contributed by atoms with Crippen LogP contribution in [0.25, 0.3) is 11.1 Å². The molecule has 2 aromatic rings. The first-order chi connectivity index (χ1) is 11.6. The lowest BCUT2D eigenvalue weighted by Crippen LogP contribution is -2.44. The standard InChI is InChI=1S/C18H19NO5/c1-23-11-14(18(21)22)19-17(20)16-13(9-6-10-15(16)24-2)12-7-4-3-5-8-12/h3-10,14H,11H2,1-2H3,(H,19,20)(H,21,22)/t14-/m0/s1. The van der Waals surface area contributed by atoms with Gasteiger partial charge in [-0.2, -0.15) is 0 Å². The Hall–Kier alpha value is -2.86. The predicted octanol–water partition coefficient (Wildman–Crippen LogP) is 2.19. The number of rotatable bonds is 7. The first-order valence-corrected chi connectivity index (χ1v) is 7.33. The van der Waals surface area contributed by atoms with Crippen LogP contribution in [-0.2, 0) is 9.53 Å². The molecule has 0 fully saturated rings. The van der Waals surface area contributed by atoms with E-state index in [0.717, 1.165) is 5.56 Å². The van der Waals surface area contributed by atoms with Crippen molar-refractivity contribution in [2.45, 2.75) is 6.04 Å². The average Bonchev–Trinajstić information content (AvgIpc) is 2.61. The quantitative estimate of drug-likeness (QED) is 0.813. The Morgan fingerprint density at radius 3 is 2.38 bits per heavy atom. The normalized spacial score (nSPS) is 11.6. The summed E-state index contributed by atoms with van der Waals surface area (Å²) in [6.45, 7) is -0.128. The molecular weight excluding hydrogens is 310 g/mol. The second-order valence-electron chi connectivity index (χ2n) is 5.07. The lowest BCUT2D eigenvalue weighted by atomic mass is 9.98. The summed E-state index contributed by atoms with van der Waals surface area (Å²) in [5.74, 6) is -1.33. The molecule has 2 rings (SSSR count). The summed E-state index contributed by atoms with van der Waals surface area (Å²) < 4.78 is 10.1. The summed E-state index contributed by atoms with van der Waals surface area (Å²) in [5.41, 5.74) is 1.78. The van der Waals surface area contributed by atoms with Crippen molar-refractivity contribution < 1.29 is 24.2 Å². The first-order valence-electron chi connectivity index (χ1n) is 7.33. The van der Waals surface area contributed by atoms with Gasteiger partial charge in [-0.3, -0.25) is 4.79 Å². The molecule has 126 valence electrons. The largest absolute Gasteiger partial charge is 0.496 e. The van der Waals surface area contributed by atoms with Crippen LogP contribution in [0.1, 0.15) is 10.4 Å². The predicted molar refractivity (Wildman–Crippen MR) is 89.2 cm³/mol. The van der Waals surface area contributed by atoms with Crippen molar-refractivity contribution in [3.8, 4) is 16.9 Å². The van der Waals surface area contributed by atoms with Crippen LogP contribution in [-0.4, -0.2) is 43.9 Å². The van der Waals surface area contributed by atoms with Crippen LogP contribution in [0.15, 0.2) is 48.5 Å². The van der Waals surface area contributed by atoms with Crippen LogP contribution in [0.4, 0.5) is 0 Å². The van der Waals surface area contributed by atoms with Gasteiger partial charge in [-0.25, -0.2) is 4.79 Å². The number of nitrogens with one attached hydrogen (secondary N) is 1. The average molecular weight is 329 g/mol. The van der Waals surface area contributed by atoms with Gasteiger partial charge in [0.25, 0.3) is 5.91 Å². The third-order valence-corrected chi connectivity index (χ3v) is 3.49. The van der Waals surface area contributed by atoms with E-state index >= 15 is 0 Å². The van der Waals surface area contributed by atoms with Crippen molar-refractivity contribution >= 4 is 11.9 Å². The molecule has 0 aliphatic carbocycles. The van der Waals surface area contributed by atoms with Crippen LogP contribution in [0.2, 0.25) is 0 Å². The molecule has 0 heterocycles. The lowest BCUT2D eigenvalue weighted by molar-refractivity contribution is -0.140. The Kier molecular flexibility index (Phi) is 5.92. The van der Waals surface area contributed by atoms with E-state index in [1.807, 2.05) is 30.3 Å². The molecule has 0 aromatic heterocycles. The Morgan fingerprint density at radius 2 is 1.79 bits per heavy atom. The van der Waals surface area contributed by atoms with Gasteiger partial charge in [0, 0.05) is 7.11 Å². The van der Waals surface area contributed by atoms with Gasteiger partial charge < -0.3 is 19.9 Å². The highest BCUT2D eigenvalue weighted by molar-refractivity contribution is 6.04. The van der Waals surface area contributed by atoms with Gasteiger partial charge in [0.2, 0.25) is 0 Å². The van der Waals surface area contributed by atoms with Gasteiger partial charge in [0.15, 0.2) is 6.04 Å². The summed E-state index contributed by atoms with van der Waals surface area (Å²) in [6, 6.07) is 13.4. The second-order valence-corrected chi connectivity index (χ2v) is 5.07. The fourth-order valence-corrected chi connectivity index (χ4v) is 2.37. The SMILES string of the molecule is COC[C@H](NC(=O)c1c(OC)cccc1-c1ccccc1)C(=O)O. The first kappa shape index (κ1) is 17.5. The Morgan fingerprint density at radius 1 is 1.08 bits per heavy atom. The van der Waals surface area contributed by atoms with E-state index in [-0.39, 0.29) is 12.2 Å². The van der Waals surface area contributed by atoms with Gasteiger partial charge in [0.1, 0.15) is 5.75 Å². The van der Waals surface area contributed by atoms with Gasteiger partial charge >= 0.3 is 5.97 Å². The smallest absolute Gasteiger partial charge is 0.328 e. The molecular formula is C18H19NO5. The highest BCUT2D eigenvalue weighted by Crippen LogP contribution is 2.30. The molecule has 0 bridgehead atoms. The Labute approximate surface area is 140 Å². The minimum atomic E-state index is -1.17. The minimum Gasteiger partial charge on any atom is -0.496 e. The molecule has 0 radical (unpaired) electrons. The number of benzene rings is 2. The minimum absolute atomic E-state index is 0.128. The molecule has 0 aliphatic heterocycles. The zero-order valence-corrected chi connectivity index (χ0v) is 13.5. The van der Waals surface area contributed by atoms with Crippen molar-refractivity contribution in [3.05, 3.63) is 54.1 Å². The van der Waals surface area contributed by atoms with E-state index < -0.39 is 17.9 Å². The van der Waals surface area contributed by atoms with Crippen molar-refractivity contribution in [1.82, 2.24) is 5.32 Å². The van der Waals surface area contributed by atoms with Gasteiger partial charge in [-0.15, -0.1) is 0 Å². The van der Waals surface area contributed by atoms with Crippen molar-refractivity contribution in [3.63, 3.8) is 0 Å². The molecule has 24 heavy (non-hydrogen) atoms. The molecule has 0 saturated carbocycles. The van der Waals surface area contributed by atoms with E-state index in [9.17, 15) is 14.7 Å². The summed E-state index contributed by atoms with van der Waals surface area (Å²) in [4.78, 5) is 23.9. The van der Waals surface area contributed by atoms with Crippen LogP contribution in [0, 0.1) is 0 Å². The number of carboxylic acid groups (broad SMARTS) is 1. The van der Waals surface area contributed by atoms with Crippen molar-refractivity contribution in [2.75, 3.05) is 20.8 Å². The zero-order chi connectivity index (χ0) is 17.5. The number of amides is 1. The number of aliphatic carboxylic acids is 1. The maximum Gasteiger partial charge on any atom is 0.328 e. The number of carbonyl (C=O) groups excluding carboxylic acids is 1. The number of hydrogen-bond acceptors (Lipinski definition) is 4. The molecule has 1 amide bonds. The van der Waals surface area contributed by atoms with E-state index in [2.05, 4.69) is 5.32 Å². The molecule has 2 aromatic carbocycles. The number of ether oxygens (including phenoxy) is 2. The molecule has 0 spiro atoms. The molecule has 0 saturated heterocycles. The molecule has 0 unspecified atom stereocenters. The third kappa shape index (κ3) is 3.91. The van der Waals surface area contributed by atoms with Crippen LogP contribution in [0.3, 0.4) is 0 Å². The molecule has 0 aliphatic rings. The molecule has 1 atom stereocenters. The number of carboxylic acids is 1. The van der Waals surface area contributed by atoms with Gasteiger partial charge in [-0.1, -0.05) is 42.5 Å². The second kappa shape index (κ2) is 8.12. The fraction of sp³-hybridized carbons (Fsp3) is 0.222. The van der Waals surface area contributed by atoms with Crippen LogP contribution < -0.4 is 10.1 Å². The van der Waals surface area contributed by atoms with E-state index in [4.69, 9.17) is 9.47 Å². The van der Waals surface area contributed by atoms with Crippen molar-refractivity contribution in [1.29, 1.82) is 0 Å². The highest BCUT2D eigenvalue weighted by Gasteiger charge is 2.24. The monoisotopic (exact) mass is 329 g/mol.